The number of benzene rings is 2. The van der Waals surface area contributed by atoms with E-state index in [0.29, 0.717) is 68.4 Å². The van der Waals surface area contributed by atoms with E-state index in [-0.39, 0.29) is 36.6 Å². The molecule has 12 nitrogen and oxygen atoms in total. The molecule has 49 heavy (non-hydrogen) atoms. The maximum Gasteiger partial charge on any atom is 0.243 e. The second-order valence-electron chi connectivity index (χ2n) is 12.6. The first kappa shape index (κ1) is 36.7. The van der Waals surface area contributed by atoms with Gasteiger partial charge in [-0.2, -0.15) is 0 Å². The molecule has 0 saturated carbocycles. The molecule has 5 rings (SSSR count). The summed E-state index contributed by atoms with van der Waals surface area (Å²) in [6.07, 6.45) is 3.16. The predicted molar refractivity (Wildman–Crippen MR) is 190 cm³/mol. The number of rotatable bonds is 15. The molecule has 0 radical (unpaired) electrons. The SMILES string of the molecule is CCC(=O)N[C@H](Cc1nc2ccc(Cl)cc2s1)C(=O)N[C@H](C(=O)N[C@@H](CCCCN)C(=O)N[C@@H]1CNCc2ccccc21)C1CCOCC1. The maximum absolute atomic E-state index is 14.1. The molecule has 2 aliphatic heterocycles. The van der Waals surface area contributed by atoms with E-state index < -0.39 is 29.9 Å². The lowest BCUT2D eigenvalue weighted by Crippen LogP contribution is -2.60. The fourth-order valence-corrected chi connectivity index (χ4v) is 7.62. The number of aromatic nitrogens is 1. The van der Waals surface area contributed by atoms with Gasteiger partial charge in [0.1, 0.15) is 18.1 Å². The molecule has 14 heteroatoms. The highest BCUT2D eigenvalue weighted by molar-refractivity contribution is 7.18. The fraction of sp³-hybridized carbons (Fsp3) is 0.514. The van der Waals surface area contributed by atoms with Gasteiger partial charge in [-0.3, -0.25) is 19.2 Å². The summed E-state index contributed by atoms with van der Waals surface area (Å²) >= 11 is 7.57. The van der Waals surface area contributed by atoms with Crippen molar-refractivity contribution in [3.63, 3.8) is 0 Å². The first-order valence-corrected chi connectivity index (χ1v) is 18.3. The number of carbonyl (C=O) groups is 4. The van der Waals surface area contributed by atoms with Crippen LogP contribution < -0.4 is 32.3 Å². The minimum Gasteiger partial charge on any atom is -0.381 e. The van der Waals surface area contributed by atoms with Crippen molar-refractivity contribution in [3.8, 4) is 0 Å². The van der Waals surface area contributed by atoms with Gasteiger partial charge in [0, 0.05) is 44.2 Å². The number of halogens is 1. The summed E-state index contributed by atoms with van der Waals surface area (Å²) in [7, 11) is 0. The van der Waals surface area contributed by atoms with Crippen LogP contribution in [0.2, 0.25) is 5.02 Å². The van der Waals surface area contributed by atoms with Crippen LogP contribution in [0, 0.1) is 5.92 Å². The Morgan fingerprint density at radius 3 is 2.59 bits per heavy atom. The normalized spacial score (nSPS) is 18.1. The molecule has 3 heterocycles. The molecule has 1 fully saturated rings. The van der Waals surface area contributed by atoms with Gasteiger partial charge in [0.05, 0.1) is 21.3 Å². The number of hydrogen-bond donors (Lipinski definition) is 6. The summed E-state index contributed by atoms with van der Waals surface area (Å²) in [4.78, 5) is 59.1. The largest absolute Gasteiger partial charge is 0.381 e. The lowest BCUT2D eigenvalue weighted by molar-refractivity contribution is -0.135. The Balaban J connectivity index is 1.34. The predicted octanol–water partition coefficient (Wildman–Crippen LogP) is 2.87. The third kappa shape index (κ3) is 9.98. The Bertz CT molecular complexity index is 1610. The Kier molecular flexibility index (Phi) is 13.4. The van der Waals surface area contributed by atoms with Crippen LogP contribution in [0.4, 0.5) is 0 Å². The monoisotopic (exact) mass is 711 g/mol. The molecule has 264 valence electrons. The summed E-state index contributed by atoms with van der Waals surface area (Å²) in [5.41, 5.74) is 8.67. The molecule has 0 aliphatic carbocycles. The highest BCUT2D eigenvalue weighted by Gasteiger charge is 2.36. The van der Waals surface area contributed by atoms with Gasteiger partial charge >= 0.3 is 0 Å². The molecule has 1 saturated heterocycles. The molecule has 4 atom stereocenters. The van der Waals surface area contributed by atoms with Gasteiger partial charge in [-0.1, -0.05) is 42.8 Å². The average Bonchev–Trinajstić information content (AvgIpc) is 3.51. The standard InChI is InChI=1S/C35H46ClN7O5S/c1-2-30(44)39-27(18-31-40-25-11-10-23(36)17-29(25)49-31)34(46)43-32(21-12-15-48-16-13-21)35(47)41-26(9-5-6-14-37)33(45)42-28-20-38-19-22-7-3-4-8-24(22)28/h3-4,7-8,10-11,17,21,26-28,32,38H,2,5-6,9,12-16,18-20,37H2,1H3,(H,39,44)(H,41,47)(H,42,45)(H,43,46)/t26-,27+,28+,32-/m0/s1. The van der Waals surface area contributed by atoms with E-state index in [2.05, 4.69) is 31.6 Å². The summed E-state index contributed by atoms with van der Waals surface area (Å²) in [5, 5.41) is 16.5. The smallest absolute Gasteiger partial charge is 0.243 e. The third-order valence-electron chi connectivity index (χ3n) is 9.05. The van der Waals surface area contributed by atoms with Gasteiger partial charge in [0.25, 0.3) is 0 Å². The molecule has 0 unspecified atom stereocenters. The quantitative estimate of drug-likeness (QED) is 0.130. The number of nitrogens with two attached hydrogens (primary N) is 1. The second-order valence-corrected chi connectivity index (χ2v) is 14.1. The van der Waals surface area contributed by atoms with Crippen molar-refractivity contribution in [3.05, 3.63) is 63.6 Å². The fourth-order valence-electron chi connectivity index (χ4n) is 6.33. The minimum atomic E-state index is -0.971. The number of nitrogens with zero attached hydrogens (tertiary/aromatic N) is 1. The van der Waals surface area contributed by atoms with Crippen molar-refractivity contribution in [2.24, 2.45) is 11.7 Å². The summed E-state index contributed by atoms with van der Waals surface area (Å²) in [5.74, 6) is -1.78. The second kappa shape index (κ2) is 17.9. The topological polar surface area (TPSA) is 177 Å². The maximum atomic E-state index is 14.1. The van der Waals surface area contributed by atoms with E-state index in [1.807, 2.05) is 36.4 Å². The lowest BCUT2D eigenvalue weighted by atomic mass is 9.90. The number of unbranched alkanes of at least 4 members (excludes halogenated alkanes) is 1. The first-order chi connectivity index (χ1) is 23.7. The van der Waals surface area contributed by atoms with Gasteiger partial charge in [-0.25, -0.2) is 4.98 Å². The molecule has 2 aromatic carbocycles. The Hall–Kier alpha value is -3.62. The number of ether oxygens (including phenoxy) is 1. The van der Waals surface area contributed by atoms with Crippen molar-refractivity contribution >= 4 is 56.8 Å². The summed E-state index contributed by atoms with van der Waals surface area (Å²) < 4.78 is 6.43. The van der Waals surface area contributed by atoms with Crippen LogP contribution >= 0.6 is 22.9 Å². The van der Waals surface area contributed by atoms with Crippen molar-refractivity contribution in [2.45, 2.75) is 82.6 Å². The summed E-state index contributed by atoms with van der Waals surface area (Å²) in [6.45, 7) is 4.36. The third-order valence-corrected chi connectivity index (χ3v) is 10.3. The van der Waals surface area contributed by atoms with Crippen LogP contribution in [-0.2, 0) is 36.9 Å². The number of thiazole rings is 1. The van der Waals surface area contributed by atoms with Crippen LogP contribution in [0.25, 0.3) is 10.2 Å². The molecule has 0 bridgehead atoms. The van der Waals surface area contributed by atoms with Crippen LogP contribution in [-0.4, -0.2) is 73.0 Å². The van der Waals surface area contributed by atoms with Crippen molar-refractivity contribution < 1.29 is 23.9 Å². The molecule has 4 amide bonds. The Morgan fingerprint density at radius 1 is 1.02 bits per heavy atom. The van der Waals surface area contributed by atoms with Crippen molar-refractivity contribution in [1.29, 1.82) is 0 Å². The van der Waals surface area contributed by atoms with Gasteiger partial charge < -0.3 is 37.1 Å². The van der Waals surface area contributed by atoms with E-state index in [4.69, 9.17) is 22.1 Å². The average molecular weight is 712 g/mol. The zero-order valence-corrected chi connectivity index (χ0v) is 29.3. The highest BCUT2D eigenvalue weighted by atomic mass is 35.5. The van der Waals surface area contributed by atoms with E-state index in [0.717, 1.165) is 27.9 Å². The van der Waals surface area contributed by atoms with E-state index in [9.17, 15) is 19.2 Å². The van der Waals surface area contributed by atoms with E-state index >= 15 is 0 Å². The first-order valence-electron chi connectivity index (χ1n) is 17.1. The molecular formula is C35H46ClN7O5S. The van der Waals surface area contributed by atoms with Gasteiger partial charge in [-0.15, -0.1) is 11.3 Å². The molecule has 0 spiro atoms. The van der Waals surface area contributed by atoms with Gasteiger partial charge in [0.15, 0.2) is 0 Å². The van der Waals surface area contributed by atoms with Crippen molar-refractivity contribution in [1.82, 2.24) is 31.6 Å². The molecule has 1 aromatic heterocycles. The van der Waals surface area contributed by atoms with Gasteiger partial charge in [0.2, 0.25) is 23.6 Å². The van der Waals surface area contributed by atoms with Crippen LogP contribution in [0.5, 0.6) is 0 Å². The number of fused-ring (bicyclic) bond motifs is 2. The summed E-state index contributed by atoms with van der Waals surface area (Å²) in [6, 6.07) is 10.3. The van der Waals surface area contributed by atoms with Crippen LogP contribution in [0.15, 0.2) is 42.5 Å². The van der Waals surface area contributed by atoms with Crippen LogP contribution in [0.3, 0.4) is 0 Å². The zero-order valence-electron chi connectivity index (χ0n) is 27.8. The molecular weight excluding hydrogens is 666 g/mol. The van der Waals surface area contributed by atoms with E-state index in [1.54, 1.807) is 13.0 Å². The molecule has 3 aromatic rings. The van der Waals surface area contributed by atoms with Crippen LogP contribution in [0.1, 0.15) is 67.6 Å². The van der Waals surface area contributed by atoms with Crippen molar-refractivity contribution in [2.75, 3.05) is 26.3 Å². The molecule has 2 aliphatic rings. The highest BCUT2D eigenvalue weighted by Crippen LogP contribution is 2.27. The number of hydrogen-bond acceptors (Lipinski definition) is 9. The van der Waals surface area contributed by atoms with Gasteiger partial charge in [-0.05, 0) is 73.9 Å². The van der Waals surface area contributed by atoms with E-state index in [1.165, 1.54) is 11.3 Å². The zero-order chi connectivity index (χ0) is 34.8. The minimum absolute atomic E-state index is 0.137. The Morgan fingerprint density at radius 2 is 1.82 bits per heavy atom. The number of carbonyl (C=O) groups excluding carboxylic acids is 4. The number of amides is 4. The Labute approximate surface area is 295 Å². The molecule has 7 N–H and O–H groups in total. The number of nitrogens with one attached hydrogen (secondary N) is 5. The lowest BCUT2D eigenvalue weighted by Gasteiger charge is -2.33.